The van der Waals surface area contributed by atoms with Crippen molar-refractivity contribution in [3.63, 3.8) is 0 Å². The highest BCUT2D eigenvalue weighted by molar-refractivity contribution is 7.93. The molecule has 0 fully saturated rings. The van der Waals surface area contributed by atoms with Gasteiger partial charge in [0.1, 0.15) is 6.61 Å². The minimum atomic E-state index is -5.55. The van der Waals surface area contributed by atoms with Crippen LogP contribution >= 0.6 is 11.6 Å². The van der Waals surface area contributed by atoms with Crippen molar-refractivity contribution in [3.05, 3.63) is 64.2 Å². The normalized spacial score (nSPS) is 12.7. The van der Waals surface area contributed by atoms with Crippen molar-refractivity contribution in [2.24, 2.45) is 5.16 Å². The molecule has 0 saturated carbocycles. The third kappa shape index (κ3) is 5.42. The molecule has 158 valence electrons. The summed E-state index contributed by atoms with van der Waals surface area (Å²) < 4.78 is 62.9. The van der Waals surface area contributed by atoms with Gasteiger partial charge in [-0.2, -0.15) is 21.6 Å². The van der Waals surface area contributed by atoms with Crippen LogP contribution in [0.15, 0.2) is 47.6 Å². The van der Waals surface area contributed by atoms with Gasteiger partial charge in [0.25, 0.3) is 0 Å². The second-order valence-electron chi connectivity index (χ2n) is 6.23. The first-order valence-electron chi connectivity index (χ1n) is 8.57. The number of nitrogens with zero attached hydrogens (tertiary/aromatic N) is 2. The molecule has 0 aliphatic carbocycles. The number of oxime groups is 1. The van der Waals surface area contributed by atoms with Crippen LogP contribution in [0, 0.1) is 6.92 Å². The lowest BCUT2D eigenvalue weighted by Crippen LogP contribution is -2.38. The third-order valence-electron chi connectivity index (χ3n) is 4.11. The van der Waals surface area contributed by atoms with E-state index in [2.05, 4.69) is 5.16 Å². The molecule has 10 heteroatoms. The number of benzene rings is 2. The summed E-state index contributed by atoms with van der Waals surface area (Å²) in [6.45, 7) is 3.61. The summed E-state index contributed by atoms with van der Waals surface area (Å²) in [5.74, 6) is 0. The highest BCUT2D eigenvalue weighted by atomic mass is 35.5. The van der Waals surface area contributed by atoms with Crippen LogP contribution in [0.25, 0.3) is 0 Å². The van der Waals surface area contributed by atoms with Crippen molar-refractivity contribution in [1.82, 2.24) is 0 Å². The van der Waals surface area contributed by atoms with E-state index in [1.54, 1.807) is 44.2 Å². The maximum atomic E-state index is 13.0. The van der Waals surface area contributed by atoms with Gasteiger partial charge in [-0.3, -0.25) is 4.31 Å². The molecule has 2 rings (SSSR count). The third-order valence-corrected chi connectivity index (χ3v) is 5.86. The lowest BCUT2D eigenvalue weighted by molar-refractivity contribution is -0.0437. The molecule has 0 saturated heterocycles. The predicted octanol–water partition coefficient (Wildman–Crippen LogP) is 5.27. The molecule has 2 aromatic rings. The minimum absolute atomic E-state index is 0.124. The average molecular weight is 449 g/mol. The van der Waals surface area contributed by atoms with E-state index < -0.39 is 15.5 Å². The summed E-state index contributed by atoms with van der Waals surface area (Å²) in [5.41, 5.74) is -3.45. The molecule has 0 heterocycles. The number of hydrogen-bond donors (Lipinski definition) is 0. The average Bonchev–Trinajstić information content (AvgIpc) is 2.65. The van der Waals surface area contributed by atoms with E-state index in [-0.39, 0.29) is 22.2 Å². The molecule has 29 heavy (non-hydrogen) atoms. The van der Waals surface area contributed by atoms with Gasteiger partial charge in [-0.15, -0.1) is 0 Å². The van der Waals surface area contributed by atoms with Crippen LogP contribution in [-0.4, -0.2) is 26.7 Å². The first-order valence-corrected chi connectivity index (χ1v) is 10.4. The second-order valence-corrected chi connectivity index (χ2v) is 8.63. The van der Waals surface area contributed by atoms with Crippen LogP contribution < -0.4 is 4.31 Å². The molecule has 0 radical (unpaired) electrons. The van der Waals surface area contributed by atoms with Crippen molar-refractivity contribution < 1.29 is 26.4 Å². The van der Waals surface area contributed by atoms with E-state index in [0.29, 0.717) is 17.2 Å². The van der Waals surface area contributed by atoms with E-state index in [1.807, 2.05) is 0 Å². The number of rotatable bonds is 7. The SMILES string of the molecule is CC/C(=N\OCc1ccc(Cl)cc1)c1cc(C)ccc1N(C)S(=O)(=O)C(F)(F)F. The molecular weight excluding hydrogens is 429 g/mol. The maximum Gasteiger partial charge on any atom is 0.516 e. The van der Waals surface area contributed by atoms with Gasteiger partial charge in [-0.05, 0) is 43.2 Å². The van der Waals surface area contributed by atoms with E-state index in [1.165, 1.54) is 12.1 Å². The summed E-state index contributed by atoms with van der Waals surface area (Å²) in [6, 6.07) is 11.3. The first kappa shape index (κ1) is 23.0. The molecule has 0 N–H and O–H groups in total. The lowest BCUT2D eigenvalue weighted by atomic mass is 10.0. The van der Waals surface area contributed by atoms with E-state index in [4.69, 9.17) is 16.4 Å². The molecule has 0 atom stereocenters. The molecule has 5 nitrogen and oxygen atoms in total. The Morgan fingerprint density at radius 3 is 2.34 bits per heavy atom. The van der Waals surface area contributed by atoms with Gasteiger partial charge < -0.3 is 4.84 Å². The van der Waals surface area contributed by atoms with Gasteiger partial charge in [0.2, 0.25) is 0 Å². The van der Waals surface area contributed by atoms with Crippen molar-refractivity contribution in [1.29, 1.82) is 0 Å². The van der Waals surface area contributed by atoms with Gasteiger partial charge >= 0.3 is 15.5 Å². The van der Waals surface area contributed by atoms with Crippen LogP contribution in [0.4, 0.5) is 18.9 Å². The summed E-state index contributed by atoms with van der Waals surface area (Å²) in [7, 11) is -4.69. The minimum Gasteiger partial charge on any atom is -0.391 e. The van der Waals surface area contributed by atoms with Gasteiger partial charge in [-0.25, -0.2) is 0 Å². The first-order chi connectivity index (χ1) is 13.5. The molecule has 0 amide bonds. The fraction of sp³-hybridized carbons (Fsp3) is 0.316. The van der Waals surface area contributed by atoms with Crippen LogP contribution in [-0.2, 0) is 21.5 Å². The predicted molar refractivity (Wildman–Crippen MR) is 108 cm³/mol. The number of aryl methyl sites for hydroxylation is 1. The van der Waals surface area contributed by atoms with Crippen molar-refractivity contribution >= 4 is 33.0 Å². The fourth-order valence-electron chi connectivity index (χ4n) is 2.51. The van der Waals surface area contributed by atoms with E-state index >= 15 is 0 Å². The van der Waals surface area contributed by atoms with E-state index in [0.717, 1.165) is 18.2 Å². The Balaban J connectivity index is 2.38. The van der Waals surface area contributed by atoms with Crippen molar-refractivity contribution in [2.45, 2.75) is 32.4 Å². The highest BCUT2D eigenvalue weighted by Gasteiger charge is 2.49. The topological polar surface area (TPSA) is 59.0 Å². The van der Waals surface area contributed by atoms with Crippen LogP contribution in [0.5, 0.6) is 0 Å². The van der Waals surface area contributed by atoms with Crippen LogP contribution in [0.3, 0.4) is 0 Å². The largest absolute Gasteiger partial charge is 0.516 e. The van der Waals surface area contributed by atoms with Gasteiger partial charge in [0.05, 0.1) is 11.4 Å². The maximum absolute atomic E-state index is 13.0. The lowest BCUT2D eigenvalue weighted by Gasteiger charge is -2.24. The Hall–Kier alpha value is -2.26. The smallest absolute Gasteiger partial charge is 0.391 e. The number of anilines is 1. The molecule has 0 spiro atoms. The zero-order valence-electron chi connectivity index (χ0n) is 16.0. The molecular formula is C19H20ClF3N2O3S. The highest BCUT2D eigenvalue weighted by Crippen LogP contribution is 2.32. The van der Waals surface area contributed by atoms with Gasteiger partial charge in [0, 0.05) is 17.6 Å². The summed E-state index contributed by atoms with van der Waals surface area (Å²) in [4.78, 5) is 5.35. The fourth-order valence-corrected chi connectivity index (χ4v) is 3.36. The zero-order chi connectivity index (χ0) is 21.8. The Labute approximate surface area is 172 Å². The molecule has 0 unspecified atom stereocenters. The number of sulfonamides is 1. The van der Waals surface area contributed by atoms with Crippen LogP contribution in [0.2, 0.25) is 5.02 Å². The molecule has 0 bridgehead atoms. The zero-order valence-corrected chi connectivity index (χ0v) is 17.6. The standard InChI is InChI=1S/C19H20ClF3N2O3S/c1-4-17(24-28-12-14-6-8-15(20)9-7-14)16-11-13(2)5-10-18(16)25(3)29(26,27)19(21,22)23/h5-11H,4,12H2,1-3H3/b24-17+. The van der Waals surface area contributed by atoms with Gasteiger partial charge in [0.15, 0.2) is 0 Å². The van der Waals surface area contributed by atoms with E-state index in [9.17, 15) is 21.6 Å². The molecule has 0 aromatic heterocycles. The van der Waals surface area contributed by atoms with Crippen molar-refractivity contribution in [3.8, 4) is 0 Å². The Morgan fingerprint density at radius 2 is 1.79 bits per heavy atom. The number of alkyl halides is 3. The Bertz CT molecular complexity index is 991. The van der Waals surface area contributed by atoms with Gasteiger partial charge in [-0.1, -0.05) is 47.4 Å². The molecule has 0 aliphatic heterocycles. The summed E-state index contributed by atoms with van der Waals surface area (Å²) in [6.07, 6.45) is 0.316. The Kier molecular flexibility index (Phi) is 7.18. The number of hydrogen-bond acceptors (Lipinski definition) is 4. The van der Waals surface area contributed by atoms with Crippen molar-refractivity contribution in [2.75, 3.05) is 11.4 Å². The summed E-state index contributed by atoms with van der Waals surface area (Å²) >= 11 is 5.83. The molecule has 0 aliphatic rings. The number of halogens is 4. The quantitative estimate of drug-likeness (QED) is 0.428. The van der Waals surface area contributed by atoms with Crippen LogP contribution in [0.1, 0.15) is 30.0 Å². The molecule has 2 aromatic carbocycles. The summed E-state index contributed by atoms with van der Waals surface area (Å²) in [5, 5.41) is 4.61. The monoisotopic (exact) mass is 448 g/mol. The Morgan fingerprint density at radius 1 is 1.17 bits per heavy atom. The second kappa shape index (κ2) is 9.04.